The first-order valence-corrected chi connectivity index (χ1v) is 23.4. The average Bonchev–Trinajstić information content (AvgIpc) is 3.06. The van der Waals surface area contributed by atoms with Crippen molar-refractivity contribution in [2.75, 3.05) is 0 Å². The fourth-order valence-electron chi connectivity index (χ4n) is 8.40. The predicted molar refractivity (Wildman–Crippen MR) is 225 cm³/mol. The van der Waals surface area contributed by atoms with Crippen LogP contribution in [0.3, 0.4) is 0 Å². The van der Waals surface area contributed by atoms with Gasteiger partial charge in [-0.25, -0.2) is 0 Å². The highest BCUT2D eigenvalue weighted by atomic mass is 16.4. The molecule has 2 heteroatoms. The minimum Gasteiger partial charge on any atom is -0.481 e. The molecule has 0 amide bonds. The molecule has 0 saturated carbocycles. The van der Waals surface area contributed by atoms with Crippen LogP contribution in [-0.2, 0) is 4.79 Å². The lowest BCUT2D eigenvalue weighted by Gasteiger charge is -2.35. The Morgan fingerprint density at radius 2 is 0.540 bits per heavy atom. The van der Waals surface area contributed by atoms with E-state index in [1.165, 1.54) is 218 Å². The first kappa shape index (κ1) is 49.5. The molecule has 0 radical (unpaired) electrons. The van der Waals surface area contributed by atoms with Crippen molar-refractivity contribution in [3.63, 3.8) is 0 Å². The van der Waals surface area contributed by atoms with Gasteiger partial charge >= 0.3 is 5.97 Å². The first-order chi connectivity index (χ1) is 24.2. The number of aliphatic carboxylic acids is 1. The molecule has 0 aromatic rings. The van der Waals surface area contributed by atoms with E-state index >= 15 is 0 Å². The molecule has 0 aliphatic rings. The largest absolute Gasteiger partial charge is 0.481 e. The summed E-state index contributed by atoms with van der Waals surface area (Å²) in [7, 11) is 0. The second-order valence-corrected chi connectivity index (χ2v) is 18.4. The topological polar surface area (TPSA) is 37.3 Å². The van der Waals surface area contributed by atoms with Gasteiger partial charge in [0, 0.05) is 6.42 Å². The Kier molecular flexibility index (Phi) is 36.4. The molecule has 0 bridgehead atoms. The van der Waals surface area contributed by atoms with Gasteiger partial charge in [0.15, 0.2) is 0 Å². The lowest BCUT2D eigenvalue weighted by atomic mass is 9.70. The number of hydrogen-bond donors (Lipinski definition) is 1. The summed E-state index contributed by atoms with van der Waals surface area (Å²) in [6, 6.07) is 0. The number of carboxylic acids is 1. The normalized spacial score (nSPS) is 12.3. The molecule has 0 rings (SSSR count). The first-order valence-electron chi connectivity index (χ1n) is 23.4. The molecule has 0 aliphatic carbocycles. The van der Waals surface area contributed by atoms with Crippen molar-refractivity contribution in [1.29, 1.82) is 0 Å². The lowest BCUT2D eigenvalue weighted by Crippen LogP contribution is -2.21. The van der Waals surface area contributed by atoms with Crippen molar-refractivity contribution < 1.29 is 9.90 Å². The molecule has 0 atom stereocenters. The van der Waals surface area contributed by atoms with Crippen molar-refractivity contribution in [2.45, 2.75) is 279 Å². The van der Waals surface area contributed by atoms with Crippen molar-refractivity contribution in [3.05, 3.63) is 0 Å². The monoisotopic (exact) mass is 705 g/mol. The van der Waals surface area contributed by atoms with Crippen LogP contribution in [0.15, 0.2) is 0 Å². The summed E-state index contributed by atoms with van der Waals surface area (Å²) in [6.07, 6.45) is 51.2. The van der Waals surface area contributed by atoms with E-state index in [2.05, 4.69) is 41.5 Å². The van der Waals surface area contributed by atoms with Crippen LogP contribution in [0.4, 0.5) is 0 Å². The molecule has 0 spiro atoms. The van der Waals surface area contributed by atoms with E-state index in [1.807, 2.05) is 0 Å². The molecule has 1 N–H and O–H groups in total. The standard InChI is InChI=1S/C48H96O2/c1-44(2)36-28-20-17-25-33-41-48(42-34-26-18-21-29-37-45(3)4,43-35-27-19-22-30-38-46(5)6)40-32-24-16-14-12-10-8-7-9-11-13-15-23-31-39-47(49)50/h44-46H,7-43H2,1-6H3,(H,49,50). The van der Waals surface area contributed by atoms with E-state index in [0.29, 0.717) is 11.8 Å². The van der Waals surface area contributed by atoms with Crippen molar-refractivity contribution in [3.8, 4) is 0 Å². The molecule has 0 aliphatic heterocycles. The Hall–Kier alpha value is -0.530. The second kappa shape index (κ2) is 36.8. The van der Waals surface area contributed by atoms with Gasteiger partial charge in [0.2, 0.25) is 0 Å². The molecular formula is C48H96O2. The minimum atomic E-state index is -0.645. The average molecular weight is 705 g/mol. The van der Waals surface area contributed by atoms with E-state index in [1.54, 1.807) is 0 Å². The molecule has 0 aromatic carbocycles. The van der Waals surface area contributed by atoms with Crippen LogP contribution in [0.5, 0.6) is 0 Å². The highest BCUT2D eigenvalue weighted by Gasteiger charge is 2.28. The van der Waals surface area contributed by atoms with Crippen molar-refractivity contribution in [2.24, 2.45) is 23.2 Å². The van der Waals surface area contributed by atoms with E-state index in [9.17, 15) is 4.79 Å². The predicted octanol–water partition coefficient (Wildman–Crippen LogP) is 17.5. The Labute approximate surface area is 317 Å². The minimum absolute atomic E-state index is 0.344. The summed E-state index contributed by atoms with van der Waals surface area (Å²) in [5.74, 6) is 1.95. The lowest BCUT2D eigenvalue weighted by molar-refractivity contribution is -0.137. The fraction of sp³-hybridized carbons (Fsp3) is 0.979. The molecule has 300 valence electrons. The summed E-state index contributed by atoms with van der Waals surface area (Å²) in [6.45, 7) is 14.3. The van der Waals surface area contributed by atoms with Crippen molar-refractivity contribution >= 4 is 5.97 Å². The zero-order valence-electron chi connectivity index (χ0n) is 35.8. The number of hydrogen-bond acceptors (Lipinski definition) is 1. The number of carboxylic acid groups (broad SMARTS) is 1. The summed E-state index contributed by atoms with van der Waals surface area (Å²) >= 11 is 0. The summed E-state index contributed by atoms with van der Waals surface area (Å²) in [5, 5.41) is 8.75. The maximum absolute atomic E-state index is 10.6. The van der Waals surface area contributed by atoms with Gasteiger partial charge in [0.25, 0.3) is 0 Å². The zero-order valence-corrected chi connectivity index (χ0v) is 35.8. The van der Waals surface area contributed by atoms with E-state index in [-0.39, 0.29) is 0 Å². The van der Waals surface area contributed by atoms with Crippen molar-refractivity contribution in [1.82, 2.24) is 0 Å². The molecular weight excluding hydrogens is 609 g/mol. The van der Waals surface area contributed by atoms with Crippen LogP contribution in [-0.4, -0.2) is 11.1 Å². The summed E-state index contributed by atoms with van der Waals surface area (Å²) in [4.78, 5) is 10.6. The number of carbonyl (C=O) groups is 1. The maximum atomic E-state index is 10.6. The van der Waals surface area contributed by atoms with Crippen LogP contribution < -0.4 is 0 Å². The molecule has 0 saturated heterocycles. The van der Waals surface area contributed by atoms with Gasteiger partial charge in [-0.1, -0.05) is 241 Å². The van der Waals surface area contributed by atoms with Gasteiger partial charge in [-0.2, -0.15) is 0 Å². The Bertz CT molecular complexity index is 625. The summed E-state index contributed by atoms with van der Waals surface area (Å²) < 4.78 is 0. The second-order valence-electron chi connectivity index (χ2n) is 18.4. The van der Waals surface area contributed by atoms with Crippen LogP contribution in [0, 0.1) is 23.2 Å². The van der Waals surface area contributed by atoms with E-state index in [0.717, 1.165) is 30.6 Å². The van der Waals surface area contributed by atoms with Gasteiger partial charge in [-0.05, 0) is 55.3 Å². The smallest absolute Gasteiger partial charge is 0.303 e. The Balaban J connectivity index is 4.69. The maximum Gasteiger partial charge on any atom is 0.303 e. The molecule has 0 unspecified atom stereocenters. The Morgan fingerprint density at radius 1 is 0.340 bits per heavy atom. The fourth-order valence-corrected chi connectivity index (χ4v) is 8.40. The summed E-state index contributed by atoms with van der Waals surface area (Å²) in [5.41, 5.74) is 0.629. The third-order valence-corrected chi connectivity index (χ3v) is 11.8. The van der Waals surface area contributed by atoms with E-state index in [4.69, 9.17) is 5.11 Å². The Morgan fingerprint density at radius 3 is 0.760 bits per heavy atom. The molecule has 0 aromatic heterocycles. The number of unbranched alkanes of at least 4 members (excludes halogenated alkanes) is 25. The quantitative estimate of drug-likeness (QED) is 0.0643. The van der Waals surface area contributed by atoms with Crippen LogP contribution in [0.2, 0.25) is 0 Å². The van der Waals surface area contributed by atoms with Gasteiger partial charge in [0.1, 0.15) is 0 Å². The molecule has 0 fully saturated rings. The SMILES string of the molecule is CC(C)CCCCCCCC(CCCCCCCCCCCCCCCCC(=O)O)(CCCCCCCC(C)C)CCCCCCCC(C)C. The number of rotatable bonds is 41. The van der Waals surface area contributed by atoms with Gasteiger partial charge in [-0.3, -0.25) is 4.79 Å². The van der Waals surface area contributed by atoms with Crippen LogP contribution >= 0.6 is 0 Å². The third-order valence-electron chi connectivity index (χ3n) is 11.8. The van der Waals surface area contributed by atoms with Gasteiger partial charge in [-0.15, -0.1) is 0 Å². The highest BCUT2D eigenvalue weighted by Crippen LogP contribution is 2.42. The van der Waals surface area contributed by atoms with Crippen LogP contribution in [0.25, 0.3) is 0 Å². The van der Waals surface area contributed by atoms with Crippen LogP contribution in [0.1, 0.15) is 279 Å². The molecule has 2 nitrogen and oxygen atoms in total. The third kappa shape index (κ3) is 37.2. The van der Waals surface area contributed by atoms with Gasteiger partial charge < -0.3 is 5.11 Å². The zero-order chi connectivity index (χ0) is 37.0. The highest BCUT2D eigenvalue weighted by molar-refractivity contribution is 5.66. The van der Waals surface area contributed by atoms with Gasteiger partial charge in [0.05, 0.1) is 0 Å². The molecule has 0 heterocycles. The van der Waals surface area contributed by atoms with E-state index < -0.39 is 5.97 Å². The molecule has 50 heavy (non-hydrogen) atoms.